The number of carbonyl (C=O) groups excluding carboxylic acids is 6. The van der Waals surface area contributed by atoms with Crippen molar-refractivity contribution in [1.82, 2.24) is 26.0 Å². The zero-order valence-corrected chi connectivity index (χ0v) is 29.9. The number of imide groups is 1. The monoisotopic (exact) mass is 771 g/mol. The number of benzene rings is 2. The Morgan fingerprint density at radius 3 is 1.78 bits per heavy atom. The minimum atomic E-state index is -1.94. The molecule has 0 bridgehead atoms. The zero-order chi connectivity index (χ0) is 40.8. The maximum Gasteiger partial charge on any atom is 0.433 e. The van der Waals surface area contributed by atoms with Crippen LogP contribution in [0.5, 0.6) is 0 Å². The second-order valence-corrected chi connectivity index (χ2v) is 12.4. The van der Waals surface area contributed by atoms with Gasteiger partial charge >= 0.3 is 30.1 Å². The number of hydrazine groups is 1. The van der Waals surface area contributed by atoms with Gasteiger partial charge in [0.2, 0.25) is 11.8 Å². The second kappa shape index (κ2) is 20.0. The Morgan fingerprint density at radius 2 is 1.27 bits per heavy atom. The largest absolute Gasteiger partial charge is 0.481 e. The molecule has 0 spiro atoms. The predicted octanol–water partition coefficient (Wildman–Crippen LogP) is 0.637. The molecule has 0 radical (unpaired) electrons. The molecule has 2 aromatic rings. The number of aliphatic carboxylic acids is 2. The third-order valence-corrected chi connectivity index (χ3v) is 7.91. The first-order valence-corrected chi connectivity index (χ1v) is 16.7. The lowest BCUT2D eigenvalue weighted by Crippen LogP contribution is -2.61. The van der Waals surface area contributed by atoms with Gasteiger partial charge in [-0.05, 0) is 23.5 Å². The Bertz CT molecular complexity index is 1740. The zero-order valence-electron chi connectivity index (χ0n) is 29.9. The summed E-state index contributed by atoms with van der Waals surface area (Å²) in [6, 6.07) is 11.8. The number of nitrogens with zero attached hydrogens (tertiary/aromatic N) is 2. The number of likely N-dealkylation sites (N-methyl/N-ethyl adjacent to an activating group) is 1. The average Bonchev–Trinajstić information content (AvgIpc) is 3.95. The first-order chi connectivity index (χ1) is 26.0. The molecule has 0 unspecified atom stereocenters. The summed E-state index contributed by atoms with van der Waals surface area (Å²) in [6.07, 6.45) is -8.40. The van der Waals surface area contributed by atoms with Gasteiger partial charge in [-0.2, -0.15) is 0 Å². The lowest BCUT2D eigenvalue weighted by atomic mass is 10.0. The van der Waals surface area contributed by atoms with E-state index in [9.17, 15) is 58.5 Å². The van der Waals surface area contributed by atoms with Crippen molar-refractivity contribution in [1.29, 1.82) is 0 Å². The number of epoxide rings is 1. The minimum Gasteiger partial charge on any atom is -0.481 e. The average molecular weight is 772 g/mol. The van der Waals surface area contributed by atoms with Crippen LogP contribution in [0.25, 0.3) is 0 Å². The smallest absolute Gasteiger partial charge is 0.433 e. The van der Waals surface area contributed by atoms with Crippen molar-refractivity contribution in [2.75, 3.05) is 7.05 Å². The number of nitrogens with one attached hydrogen (secondary N) is 3. The van der Waals surface area contributed by atoms with Gasteiger partial charge in [-0.3, -0.25) is 28.8 Å². The number of carboxylic acids is 2. The standard InChI is InChI=1S/C35H41N5O15/c1-19(2)26(31(47)39(3)40(35(51)52)32(48)27-28(55-27)33(49)53-17-20-10-6-4-7-11-20)38-29(45)22(14-15-24(41)42)36-30(46)23(16-25(43)44)37-34(50)54-18-21-12-8-5-9-13-21/h4-13,19,22-23,26-28H,14-18H2,1-3H3,(H,36,46)(H,37,50)(H,38,45)(H,41,42)(H,43,44)(H,51,52)/t22-,23-,26-,27-,28-/m0/s1. The number of rotatable bonds is 18. The van der Waals surface area contributed by atoms with Crippen LogP contribution in [0.3, 0.4) is 0 Å². The van der Waals surface area contributed by atoms with Crippen LogP contribution in [0.1, 0.15) is 44.2 Å². The van der Waals surface area contributed by atoms with Crippen molar-refractivity contribution in [3.8, 4) is 0 Å². The SMILES string of the molecule is CC(C)[C@H](NC(=O)[C@H](CCC(=O)O)NC(=O)[C@H](CC(=O)O)NC(=O)OCc1ccccc1)C(=O)N(C)N(C(=O)O)C(=O)[C@H]1O[C@@H]1C(=O)OCc1ccccc1. The molecule has 1 aliphatic rings. The normalized spacial score (nSPS) is 15.9. The maximum atomic E-state index is 13.6. The van der Waals surface area contributed by atoms with E-state index in [4.69, 9.17) is 14.2 Å². The summed E-state index contributed by atoms with van der Waals surface area (Å²) in [5.41, 5.74) is 1.22. The number of esters is 1. The van der Waals surface area contributed by atoms with Gasteiger partial charge in [0.1, 0.15) is 31.3 Å². The fourth-order valence-electron chi connectivity index (χ4n) is 4.95. The highest BCUT2D eigenvalue weighted by molar-refractivity contribution is 6.02. The van der Waals surface area contributed by atoms with Crippen LogP contribution in [0.2, 0.25) is 0 Å². The van der Waals surface area contributed by atoms with E-state index < -0.39 is 109 Å². The third kappa shape index (κ3) is 13.1. The van der Waals surface area contributed by atoms with Gasteiger partial charge in [0.15, 0.2) is 12.2 Å². The van der Waals surface area contributed by atoms with Crippen molar-refractivity contribution < 1.29 is 72.7 Å². The van der Waals surface area contributed by atoms with Crippen LogP contribution in [-0.4, -0.2) is 116 Å². The molecule has 296 valence electrons. The number of ether oxygens (including phenoxy) is 3. The molecule has 0 aromatic heterocycles. The molecule has 20 nitrogen and oxygen atoms in total. The van der Waals surface area contributed by atoms with Crippen molar-refractivity contribution in [3.05, 3.63) is 71.8 Å². The fourth-order valence-corrected chi connectivity index (χ4v) is 4.95. The molecule has 6 amide bonds. The quantitative estimate of drug-likeness (QED) is 0.0689. The van der Waals surface area contributed by atoms with Gasteiger partial charge in [-0.25, -0.2) is 19.4 Å². The molecule has 3 rings (SSSR count). The summed E-state index contributed by atoms with van der Waals surface area (Å²) in [5.74, 6) is -9.48. The number of carboxylic acid groups (broad SMARTS) is 3. The highest BCUT2D eigenvalue weighted by atomic mass is 16.6. The van der Waals surface area contributed by atoms with Crippen molar-refractivity contribution in [2.24, 2.45) is 5.92 Å². The van der Waals surface area contributed by atoms with Gasteiger partial charge in [0.05, 0.1) is 6.42 Å². The molecule has 1 saturated heterocycles. The summed E-state index contributed by atoms with van der Waals surface area (Å²) in [5, 5.41) is 35.5. The molecule has 6 N–H and O–H groups in total. The van der Waals surface area contributed by atoms with E-state index in [0.29, 0.717) is 16.1 Å². The van der Waals surface area contributed by atoms with E-state index in [2.05, 4.69) is 16.0 Å². The van der Waals surface area contributed by atoms with Crippen molar-refractivity contribution in [3.63, 3.8) is 0 Å². The first-order valence-electron chi connectivity index (χ1n) is 16.7. The Hall–Kier alpha value is -6.57. The molecule has 5 atom stereocenters. The number of amides is 6. The number of hydrogen-bond acceptors (Lipinski definition) is 12. The van der Waals surface area contributed by atoms with Gasteiger partial charge in [0.25, 0.3) is 11.8 Å². The van der Waals surface area contributed by atoms with Gasteiger partial charge < -0.3 is 45.5 Å². The van der Waals surface area contributed by atoms with Crippen molar-refractivity contribution in [2.45, 2.75) is 76.7 Å². The molecule has 20 heteroatoms. The molecule has 55 heavy (non-hydrogen) atoms. The second-order valence-electron chi connectivity index (χ2n) is 12.4. The Kier molecular flexibility index (Phi) is 15.6. The highest BCUT2D eigenvalue weighted by Gasteiger charge is 2.55. The highest BCUT2D eigenvalue weighted by Crippen LogP contribution is 2.27. The van der Waals surface area contributed by atoms with Gasteiger partial charge in [-0.1, -0.05) is 74.5 Å². The summed E-state index contributed by atoms with van der Waals surface area (Å²) >= 11 is 0. The van der Waals surface area contributed by atoms with E-state index in [-0.39, 0.29) is 18.2 Å². The minimum absolute atomic E-state index is 0.0122. The molecule has 1 aliphatic heterocycles. The van der Waals surface area contributed by atoms with E-state index in [0.717, 1.165) is 7.05 Å². The van der Waals surface area contributed by atoms with Crippen LogP contribution in [0.4, 0.5) is 9.59 Å². The Labute approximate surface area is 313 Å². The van der Waals surface area contributed by atoms with Crippen LogP contribution in [-0.2, 0) is 61.0 Å². The first kappa shape index (κ1) is 42.8. The molecule has 1 fully saturated rings. The van der Waals surface area contributed by atoms with E-state index in [1.165, 1.54) is 13.8 Å². The lowest BCUT2D eigenvalue weighted by Gasteiger charge is -2.32. The van der Waals surface area contributed by atoms with Crippen molar-refractivity contribution >= 4 is 53.7 Å². The molecule has 0 saturated carbocycles. The molecular formula is C35H41N5O15. The number of carbonyl (C=O) groups is 9. The topological polar surface area (TPSA) is 288 Å². The third-order valence-electron chi connectivity index (χ3n) is 7.91. The Balaban J connectivity index is 1.70. The van der Waals surface area contributed by atoms with Gasteiger partial charge in [-0.15, -0.1) is 5.01 Å². The van der Waals surface area contributed by atoms with E-state index >= 15 is 0 Å². The summed E-state index contributed by atoms with van der Waals surface area (Å²) < 4.78 is 15.3. The predicted molar refractivity (Wildman–Crippen MR) is 184 cm³/mol. The summed E-state index contributed by atoms with van der Waals surface area (Å²) in [7, 11) is 0.906. The summed E-state index contributed by atoms with van der Waals surface area (Å²) in [6.45, 7) is 2.52. The summed E-state index contributed by atoms with van der Waals surface area (Å²) in [4.78, 5) is 114. The Morgan fingerprint density at radius 1 is 0.727 bits per heavy atom. The molecule has 1 heterocycles. The van der Waals surface area contributed by atoms with E-state index in [1.807, 2.05) is 0 Å². The van der Waals surface area contributed by atoms with E-state index in [1.54, 1.807) is 60.7 Å². The van der Waals surface area contributed by atoms with Gasteiger partial charge in [0, 0.05) is 13.5 Å². The maximum absolute atomic E-state index is 13.6. The van der Waals surface area contributed by atoms with Crippen LogP contribution < -0.4 is 16.0 Å². The van der Waals surface area contributed by atoms with Crippen LogP contribution >= 0.6 is 0 Å². The lowest BCUT2D eigenvalue weighted by molar-refractivity contribution is -0.159. The number of alkyl carbamates (subject to hydrolysis) is 1. The number of hydrogen-bond donors (Lipinski definition) is 6. The molecular weight excluding hydrogens is 730 g/mol. The van der Waals surface area contributed by atoms with Crippen LogP contribution in [0.15, 0.2) is 60.7 Å². The fraction of sp³-hybridized carbons (Fsp3) is 0.400. The molecule has 2 aromatic carbocycles. The van der Waals surface area contributed by atoms with Crippen LogP contribution in [0, 0.1) is 5.92 Å². The molecule has 0 aliphatic carbocycles.